The third-order valence-electron chi connectivity index (χ3n) is 12.6. The standard InChI is InChI=1S/C53H42BNSSi/c1-35-30-47-52-49(31-35)56-48-32-37(36-16-8-5-9-17-36)24-29-44(48)54(52)45-34-51-43(33-46(45)55(47)39-27-25-38(26-28-39)53(2,3)4)42-22-14-15-23-50(42)57(51,40-18-10-6-11-19-40)41-20-12-7-13-21-41/h5-34H,1-4H3. The van der Waals surface area contributed by atoms with Crippen LogP contribution < -0.4 is 42.0 Å². The van der Waals surface area contributed by atoms with Crippen molar-refractivity contribution in [2.45, 2.75) is 42.9 Å². The normalized spacial score (nSPS) is 14.3. The molecule has 0 atom stereocenters. The molecule has 57 heavy (non-hydrogen) atoms. The highest BCUT2D eigenvalue weighted by molar-refractivity contribution is 8.00. The zero-order chi connectivity index (χ0) is 38.5. The van der Waals surface area contributed by atoms with E-state index < -0.39 is 8.07 Å². The Morgan fingerprint density at radius 3 is 1.84 bits per heavy atom. The van der Waals surface area contributed by atoms with Gasteiger partial charge in [-0.3, -0.25) is 0 Å². The Labute approximate surface area is 342 Å². The van der Waals surface area contributed by atoms with Gasteiger partial charge in [0.2, 0.25) is 6.71 Å². The van der Waals surface area contributed by atoms with Crippen molar-refractivity contribution in [3.63, 3.8) is 0 Å². The zero-order valence-electron chi connectivity index (χ0n) is 32.8. The SMILES string of the molecule is Cc1cc2c3c(c1)N(c1ccc(C(C)(C)C)cc1)c1cc4c(cc1B3c1ccc(-c3ccccc3)cc1S2)[Si](c1ccccc1)(c1ccccc1)c1ccccc1-4. The van der Waals surface area contributed by atoms with Crippen LogP contribution in [0.4, 0.5) is 17.1 Å². The van der Waals surface area contributed by atoms with Crippen molar-refractivity contribution >= 4 is 80.7 Å². The molecule has 272 valence electrons. The smallest absolute Gasteiger partial charge is 0.249 e. The monoisotopic (exact) mass is 763 g/mol. The van der Waals surface area contributed by atoms with Gasteiger partial charge in [-0.2, -0.15) is 0 Å². The Hall–Kier alpha value is -5.81. The first-order chi connectivity index (χ1) is 27.8. The lowest BCUT2D eigenvalue weighted by Gasteiger charge is -2.41. The molecule has 0 saturated carbocycles. The van der Waals surface area contributed by atoms with E-state index in [1.54, 1.807) is 0 Å². The molecule has 3 aliphatic heterocycles. The zero-order valence-corrected chi connectivity index (χ0v) is 34.6. The second kappa shape index (κ2) is 12.9. The molecule has 0 spiro atoms. The number of rotatable bonds is 4. The molecule has 0 fully saturated rings. The van der Waals surface area contributed by atoms with Crippen molar-refractivity contribution in [1.82, 2.24) is 0 Å². The first-order valence-electron chi connectivity index (χ1n) is 20.1. The Bertz CT molecular complexity index is 2820. The van der Waals surface area contributed by atoms with Gasteiger partial charge in [-0.05, 0) is 114 Å². The summed E-state index contributed by atoms with van der Waals surface area (Å²) in [6.45, 7) is 9.25. The van der Waals surface area contributed by atoms with Crippen LogP contribution in [0.25, 0.3) is 22.3 Å². The summed E-state index contributed by atoms with van der Waals surface area (Å²) >= 11 is 1.94. The number of anilines is 3. The topological polar surface area (TPSA) is 3.24 Å². The van der Waals surface area contributed by atoms with E-state index in [0.29, 0.717) is 0 Å². The fourth-order valence-electron chi connectivity index (χ4n) is 10.0. The number of hydrogen-bond donors (Lipinski definition) is 0. The number of aryl methyl sites for hydroxylation is 1. The largest absolute Gasteiger partial charge is 0.311 e. The van der Waals surface area contributed by atoms with Crippen molar-refractivity contribution in [1.29, 1.82) is 0 Å². The Morgan fingerprint density at radius 1 is 0.509 bits per heavy atom. The molecule has 8 aromatic rings. The van der Waals surface area contributed by atoms with Crippen LogP contribution in [0.2, 0.25) is 0 Å². The maximum absolute atomic E-state index is 2.72. The van der Waals surface area contributed by atoms with Crippen LogP contribution in [-0.4, -0.2) is 14.8 Å². The third kappa shape index (κ3) is 5.17. The molecule has 0 saturated heterocycles. The molecule has 0 aromatic heterocycles. The van der Waals surface area contributed by atoms with E-state index in [-0.39, 0.29) is 12.1 Å². The van der Waals surface area contributed by atoms with Gasteiger partial charge in [0, 0.05) is 26.9 Å². The van der Waals surface area contributed by atoms with Crippen LogP contribution >= 0.6 is 11.8 Å². The fraction of sp³-hybridized carbons (Fsp3) is 0.0943. The highest BCUT2D eigenvalue weighted by Gasteiger charge is 2.51. The predicted octanol–water partition coefficient (Wildman–Crippen LogP) is 9.08. The van der Waals surface area contributed by atoms with E-state index in [1.165, 1.54) is 97.4 Å². The van der Waals surface area contributed by atoms with E-state index in [9.17, 15) is 0 Å². The Kier molecular flexibility index (Phi) is 7.77. The molecule has 0 unspecified atom stereocenters. The second-order valence-corrected chi connectivity index (χ2v) is 21.8. The van der Waals surface area contributed by atoms with Gasteiger partial charge >= 0.3 is 0 Å². The van der Waals surface area contributed by atoms with E-state index in [1.807, 2.05) is 11.8 Å². The molecular formula is C53H42BNSSi. The molecule has 3 aliphatic rings. The van der Waals surface area contributed by atoms with Crippen LogP contribution in [0.5, 0.6) is 0 Å². The van der Waals surface area contributed by atoms with E-state index >= 15 is 0 Å². The molecule has 0 amide bonds. The first-order valence-corrected chi connectivity index (χ1v) is 22.9. The van der Waals surface area contributed by atoms with Gasteiger partial charge in [-0.25, -0.2) is 0 Å². The maximum atomic E-state index is 2.68. The molecule has 0 radical (unpaired) electrons. The van der Waals surface area contributed by atoms with Gasteiger partial charge in [0.1, 0.15) is 0 Å². The summed E-state index contributed by atoms with van der Waals surface area (Å²) < 4.78 is 0. The Morgan fingerprint density at radius 2 is 1.16 bits per heavy atom. The minimum absolute atomic E-state index is 0.0677. The van der Waals surface area contributed by atoms with Gasteiger partial charge in [-0.15, -0.1) is 0 Å². The summed E-state index contributed by atoms with van der Waals surface area (Å²) in [7, 11) is -2.72. The quantitative estimate of drug-likeness (QED) is 0.165. The number of benzene rings is 8. The summed E-state index contributed by atoms with van der Waals surface area (Å²) in [6.07, 6.45) is 0. The van der Waals surface area contributed by atoms with Gasteiger partial charge in [0.05, 0.1) is 0 Å². The van der Waals surface area contributed by atoms with E-state index in [4.69, 9.17) is 0 Å². The highest BCUT2D eigenvalue weighted by atomic mass is 32.2. The number of fused-ring (bicyclic) bond motifs is 7. The Balaban J connectivity index is 1.24. The fourth-order valence-corrected chi connectivity index (χ4v) is 16.5. The average molecular weight is 764 g/mol. The molecule has 8 aromatic carbocycles. The lowest BCUT2D eigenvalue weighted by molar-refractivity contribution is 0.590. The maximum Gasteiger partial charge on any atom is 0.249 e. The van der Waals surface area contributed by atoms with Crippen molar-refractivity contribution in [3.05, 3.63) is 193 Å². The van der Waals surface area contributed by atoms with Gasteiger partial charge in [0.15, 0.2) is 8.07 Å². The van der Waals surface area contributed by atoms with Gasteiger partial charge in [0.25, 0.3) is 0 Å². The molecule has 11 rings (SSSR count). The molecule has 0 N–H and O–H groups in total. The summed E-state index contributed by atoms with van der Waals surface area (Å²) in [6, 6.07) is 69.7. The summed E-state index contributed by atoms with van der Waals surface area (Å²) in [5.74, 6) is 0. The second-order valence-electron chi connectivity index (χ2n) is 17.0. The molecule has 1 nitrogen and oxygen atoms in total. The van der Waals surface area contributed by atoms with Crippen LogP contribution in [0.3, 0.4) is 0 Å². The molecule has 4 heteroatoms. The molecular weight excluding hydrogens is 722 g/mol. The molecule has 0 aliphatic carbocycles. The van der Waals surface area contributed by atoms with Gasteiger partial charge in [-0.1, -0.05) is 184 Å². The summed E-state index contributed by atoms with van der Waals surface area (Å²) in [4.78, 5) is 5.29. The predicted molar refractivity (Wildman–Crippen MR) is 248 cm³/mol. The molecule has 3 heterocycles. The summed E-state index contributed by atoms with van der Waals surface area (Å²) in [5, 5.41) is 5.82. The lowest BCUT2D eigenvalue weighted by Crippen LogP contribution is -2.73. The summed E-state index contributed by atoms with van der Waals surface area (Å²) in [5.41, 5.74) is 15.9. The highest BCUT2D eigenvalue weighted by Crippen LogP contribution is 2.45. The third-order valence-corrected chi connectivity index (χ3v) is 18.6. The number of nitrogens with zero attached hydrogens (tertiary/aromatic N) is 1. The first kappa shape index (κ1) is 34.4. The van der Waals surface area contributed by atoms with Gasteiger partial charge < -0.3 is 4.90 Å². The minimum atomic E-state index is -2.72. The van der Waals surface area contributed by atoms with E-state index in [0.717, 1.165) is 0 Å². The van der Waals surface area contributed by atoms with Crippen molar-refractivity contribution in [3.8, 4) is 22.3 Å². The van der Waals surface area contributed by atoms with Crippen LogP contribution in [0, 0.1) is 6.92 Å². The molecule has 0 bridgehead atoms. The lowest BCUT2D eigenvalue weighted by atomic mass is 9.34. The average Bonchev–Trinajstić information content (AvgIpc) is 3.53. The van der Waals surface area contributed by atoms with Crippen molar-refractivity contribution in [2.75, 3.05) is 4.90 Å². The van der Waals surface area contributed by atoms with Crippen LogP contribution in [0.1, 0.15) is 31.9 Å². The number of hydrogen-bond acceptors (Lipinski definition) is 2. The van der Waals surface area contributed by atoms with Crippen molar-refractivity contribution in [2.24, 2.45) is 0 Å². The minimum Gasteiger partial charge on any atom is -0.311 e. The van der Waals surface area contributed by atoms with Crippen LogP contribution in [0.15, 0.2) is 192 Å². The van der Waals surface area contributed by atoms with E-state index in [2.05, 4.69) is 215 Å². The van der Waals surface area contributed by atoms with Crippen molar-refractivity contribution < 1.29 is 0 Å². The van der Waals surface area contributed by atoms with Crippen LogP contribution in [-0.2, 0) is 5.41 Å².